The lowest BCUT2D eigenvalue weighted by molar-refractivity contribution is 0.122. The number of aliphatic hydroxyl groups is 1. The average Bonchev–Trinajstić information content (AvgIpc) is 2.86. The van der Waals surface area contributed by atoms with Gasteiger partial charge in [0.1, 0.15) is 17.6 Å². The summed E-state index contributed by atoms with van der Waals surface area (Å²) in [5, 5.41) is 9.30. The molecule has 0 amide bonds. The van der Waals surface area contributed by atoms with Crippen molar-refractivity contribution < 1.29 is 14.6 Å². The molecule has 2 aliphatic rings. The summed E-state index contributed by atoms with van der Waals surface area (Å²) in [6, 6.07) is 6.12. The van der Waals surface area contributed by atoms with Gasteiger partial charge in [0.25, 0.3) is 0 Å². The number of hydrogen-bond acceptors (Lipinski definition) is 8. The first-order valence-electron chi connectivity index (χ1n) is 11.4. The van der Waals surface area contributed by atoms with Crippen molar-refractivity contribution in [2.75, 3.05) is 31.2 Å². The Balaban J connectivity index is 1.26. The predicted molar refractivity (Wildman–Crippen MR) is 121 cm³/mol. The third kappa shape index (κ3) is 4.81. The molecule has 0 spiro atoms. The van der Waals surface area contributed by atoms with E-state index >= 15 is 0 Å². The third-order valence-corrected chi connectivity index (χ3v) is 6.43. The molecular weight excluding hydrogens is 406 g/mol. The van der Waals surface area contributed by atoms with Gasteiger partial charge in [0.15, 0.2) is 0 Å². The van der Waals surface area contributed by atoms with E-state index in [1.165, 1.54) is 0 Å². The van der Waals surface area contributed by atoms with E-state index in [0.29, 0.717) is 11.6 Å². The molecule has 1 aliphatic carbocycles. The van der Waals surface area contributed by atoms with E-state index in [9.17, 15) is 5.11 Å². The minimum atomic E-state index is -0.0452. The number of fused-ring (bicyclic) bond motifs is 1. The number of anilines is 1. The van der Waals surface area contributed by atoms with Crippen LogP contribution in [0.1, 0.15) is 37.1 Å². The van der Waals surface area contributed by atoms with Crippen molar-refractivity contribution in [3.05, 3.63) is 48.3 Å². The van der Waals surface area contributed by atoms with Crippen LogP contribution in [0.15, 0.2) is 36.9 Å². The summed E-state index contributed by atoms with van der Waals surface area (Å²) in [6.45, 7) is 3.18. The van der Waals surface area contributed by atoms with Crippen LogP contribution in [0.5, 0.6) is 5.75 Å². The molecule has 2 fully saturated rings. The molecule has 0 atom stereocenters. The normalized spacial score (nSPS) is 21.6. The second-order valence-electron chi connectivity index (χ2n) is 8.59. The van der Waals surface area contributed by atoms with Gasteiger partial charge in [0, 0.05) is 42.9 Å². The molecule has 0 bridgehead atoms. The first-order chi connectivity index (χ1) is 15.8. The number of aliphatic hydroxyl groups excluding tert-OH is 1. The van der Waals surface area contributed by atoms with Crippen LogP contribution in [0.2, 0.25) is 0 Å². The SMILES string of the molecule is OCc1cc(CC2CCC(Oc3cc(N4CCOCC4)cc4nccnc34)CC2)ncn1. The maximum Gasteiger partial charge on any atom is 0.149 e. The Labute approximate surface area is 187 Å². The molecule has 8 nitrogen and oxygen atoms in total. The topological polar surface area (TPSA) is 93.5 Å². The number of nitrogens with zero attached hydrogens (tertiary/aromatic N) is 5. The molecule has 0 unspecified atom stereocenters. The van der Waals surface area contributed by atoms with Crippen LogP contribution < -0.4 is 9.64 Å². The highest BCUT2D eigenvalue weighted by Crippen LogP contribution is 2.34. The molecule has 1 saturated carbocycles. The molecule has 8 heteroatoms. The summed E-state index contributed by atoms with van der Waals surface area (Å²) in [4.78, 5) is 19.9. The van der Waals surface area contributed by atoms with E-state index in [1.54, 1.807) is 18.7 Å². The van der Waals surface area contributed by atoms with Crippen molar-refractivity contribution in [2.24, 2.45) is 5.92 Å². The number of aromatic nitrogens is 4. The van der Waals surface area contributed by atoms with Crippen molar-refractivity contribution >= 4 is 16.7 Å². The Bertz CT molecular complexity index is 1050. The Morgan fingerprint density at radius 2 is 1.72 bits per heavy atom. The van der Waals surface area contributed by atoms with Gasteiger partial charge in [-0.15, -0.1) is 0 Å². The van der Waals surface area contributed by atoms with Crippen LogP contribution in [-0.4, -0.2) is 57.4 Å². The fourth-order valence-corrected chi connectivity index (χ4v) is 4.69. The van der Waals surface area contributed by atoms with Gasteiger partial charge in [-0.2, -0.15) is 0 Å². The number of rotatable bonds is 6. The van der Waals surface area contributed by atoms with Crippen molar-refractivity contribution in [1.82, 2.24) is 19.9 Å². The Morgan fingerprint density at radius 3 is 2.53 bits per heavy atom. The predicted octanol–water partition coefficient (Wildman–Crippen LogP) is 2.93. The lowest BCUT2D eigenvalue weighted by Crippen LogP contribution is -2.36. The Kier molecular flexibility index (Phi) is 6.41. The summed E-state index contributed by atoms with van der Waals surface area (Å²) in [5.74, 6) is 1.40. The van der Waals surface area contributed by atoms with Gasteiger partial charge in [-0.25, -0.2) is 15.0 Å². The molecule has 0 radical (unpaired) electrons. The first-order valence-corrected chi connectivity index (χ1v) is 11.4. The molecule has 1 aliphatic heterocycles. The molecule has 3 aromatic rings. The molecule has 2 aromatic heterocycles. The molecule has 168 valence electrons. The van der Waals surface area contributed by atoms with Gasteiger partial charge < -0.3 is 19.5 Å². The van der Waals surface area contributed by atoms with Gasteiger partial charge >= 0.3 is 0 Å². The van der Waals surface area contributed by atoms with E-state index < -0.39 is 0 Å². The molecule has 1 aromatic carbocycles. The lowest BCUT2D eigenvalue weighted by Gasteiger charge is -2.31. The fraction of sp³-hybridized carbons (Fsp3) is 0.500. The van der Waals surface area contributed by atoms with Gasteiger partial charge in [-0.3, -0.25) is 4.98 Å². The van der Waals surface area contributed by atoms with Crippen LogP contribution in [-0.2, 0) is 17.8 Å². The van der Waals surface area contributed by atoms with Gasteiger partial charge in [0.2, 0.25) is 0 Å². The molecule has 1 N–H and O–H groups in total. The van der Waals surface area contributed by atoms with Crippen LogP contribution in [0.25, 0.3) is 11.0 Å². The fourth-order valence-electron chi connectivity index (χ4n) is 4.69. The average molecular weight is 436 g/mol. The second kappa shape index (κ2) is 9.75. The van der Waals surface area contributed by atoms with Crippen molar-refractivity contribution in [2.45, 2.75) is 44.8 Å². The second-order valence-corrected chi connectivity index (χ2v) is 8.59. The van der Waals surface area contributed by atoms with E-state index in [1.807, 2.05) is 6.07 Å². The van der Waals surface area contributed by atoms with E-state index in [-0.39, 0.29) is 12.7 Å². The summed E-state index contributed by atoms with van der Waals surface area (Å²) in [7, 11) is 0. The highest BCUT2D eigenvalue weighted by Gasteiger charge is 2.24. The van der Waals surface area contributed by atoms with E-state index in [2.05, 4.69) is 37.0 Å². The minimum absolute atomic E-state index is 0.0452. The van der Waals surface area contributed by atoms with Gasteiger partial charge in [-0.05, 0) is 50.2 Å². The van der Waals surface area contributed by atoms with Crippen LogP contribution in [0.4, 0.5) is 5.69 Å². The molecule has 32 heavy (non-hydrogen) atoms. The van der Waals surface area contributed by atoms with Crippen LogP contribution in [0.3, 0.4) is 0 Å². The Morgan fingerprint density at radius 1 is 0.938 bits per heavy atom. The van der Waals surface area contributed by atoms with Crippen LogP contribution >= 0.6 is 0 Å². The maximum absolute atomic E-state index is 9.30. The third-order valence-electron chi connectivity index (χ3n) is 6.43. The number of benzene rings is 1. The highest BCUT2D eigenvalue weighted by molar-refractivity contribution is 5.85. The van der Waals surface area contributed by atoms with Crippen molar-refractivity contribution in [1.29, 1.82) is 0 Å². The van der Waals surface area contributed by atoms with E-state index in [4.69, 9.17) is 9.47 Å². The maximum atomic E-state index is 9.30. The zero-order valence-electron chi connectivity index (χ0n) is 18.2. The lowest BCUT2D eigenvalue weighted by atomic mass is 9.84. The zero-order chi connectivity index (χ0) is 21.8. The largest absolute Gasteiger partial charge is 0.488 e. The summed E-state index contributed by atoms with van der Waals surface area (Å²) < 4.78 is 12.0. The monoisotopic (exact) mass is 435 g/mol. The molecule has 1 saturated heterocycles. The smallest absolute Gasteiger partial charge is 0.149 e. The summed E-state index contributed by atoms with van der Waals surface area (Å²) in [6.07, 6.45) is 10.3. The van der Waals surface area contributed by atoms with Gasteiger partial charge in [0.05, 0.1) is 37.1 Å². The van der Waals surface area contributed by atoms with Crippen LogP contribution in [0, 0.1) is 5.92 Å². The molecule has 3 heterocycles. The Hall–Kier alpha value is -2.84. The van der Waals surface area contributed by atoms with Gasteiger partial charge in [-0.1, -0.05) is 0 Å². The molecular formula is C24H29N5O3. The van der Waals surface area contributed by atoms with Crippen molar-refractivity contribution in [3.63, 3.8) is 0 Å². The minimum Gasteiger partial charge on any atom is -0.488 e. The standard InChI is InChI=1S/C24H29N5O3/c30-15-19-12-18(27-16-28-19)11-17-1-3-21(4-2-17)32-23-14-20(29-7-9-31-10-8-29)13-22-24(23)26-6-5-25-22/h5-6,12-14,16-17,21,30H,1-4,7-11,15H2. The molecule has 5 rings (SSSR count). The van der Waals surface area contributed by atoms with Crippen molar-refractivity contribution in [3.8, 4) is 5.75 Å². The number of hydrogen-bond donors (Lipinski definition) is 1. The highest BCUT2D eigenvalue weighted by atomic mass is 16.5. The van der Waals surface area contributed by atoms with E-state index in [0.717, 1.165) is 86.6 Å². The quantitative estimate of drug-likeness (QED) is 0.632. The first kappa shape index (κ1) is 21.0. The number of ether oxygens (including phenoxy) is 2. The summed E-state index contributed by atoms with van der Waals surface area (Å²) in [5.41, 5.74) is 4.49. The summed E-state index contributed by atoms with van der Waals surface area (Å²) >= 11 is 0. The number of morpholine rings is 1. The zero-order valence-corrected chi connectivity index (χ0v) is 18.2.